The van der Waals surface area contributed by atoms with Crippen molar-refractivity contribution in [3.63, 3.8) is 0 Å². The van der Waals surface area contributed by atoms with E-state index in [0.717, 1.165) is 14.1 Å². The van der Waals surface area contributed by atoms with Crippen molar-refractivity contribution in [2.45, 2.75) is 16.5 Å². The first-order valence-corrected chi connectivity index (χ1v) is 13.8. The number of fused-ring (bicyclic) bond motifs is 2. The van der Waals surface area contributed by atoms with Crippen LogP contribution in [0.2, 0.25) is 3.93 Å². The molecular weight excluding hydrogens is 660 g/mol. The Balaban J connectivity index is 0.000000356. The third-order valence-electron chi connectivity index (χ3n) is 5.19. The zero-order chi connectivity index (χ0) is 24.3. The number of hydrogen-bond acceptors (Lipinski definition) is 8. The minimum absolute atomic E-state index is 0. The number of methoxy groups -OCH3 is 1. The number of carboxylic acids is 1. The molecule has 3 N–H and O–H groups in total. The van der Waals surface area contributed by atoms with Crippen LogP contribution in [0.25, 0.3) is 22.1 Å². The standard InChI is InChI=1S/C14H13O5.C7H8N4O2.Hg.Na.H2O/c1-8(18-2)6-9-4-3-5-10-7-11(13(15)16)14(17)19-12(9)10;1-10-5-4(8-3-9-5)6(12)11(2)7(10)13;;;/h3-5,7-8H,1,6H2,2H3,(H,15,16);3H,1-2H3,(H,8,9);;;1H2/q;;;+1;/p-1. The number of aromatic nitrogens is 4. The quantitative estimate of drug-likeness (QED) is 0.163. The maximum Gasteiger partial charge on any atom is 1.00 e. The third kappa shape index (κ3) is 6.57. The van der Waals surface area contributed by atoms with Gasteiger partial charge in [0, 0.05) is 14.1 Å². The second kappa shape index (κ2) is 13.3. The van der Waals surface area contributed by atoms with Crippen LogP contribution in [0.3, 0.4) is 0 Å². The number of aromatic amines is 1. The summed E-state index contributed by atoms with van der Waals surface area (Å²) in [5, 5.41) is 11.4. The first kappa shape index (κ1) is 30.9. The monoisotopic (exact) mass is 683 g/mol. The van der Waals surface area contributed by atoms with Crippen molar-refractivity contribution in [2.24, 2.45) is 14.1 Å². The molecule has 0 fully saturated rings. The fourth-order valence-electron chi connectivity index (χ4n) is 3.33. The van der Waals surface area contributed by atoms with E-state index in [1.165, 1.54) is 24.0 Å². The Morgan fingerprint density at radius 1 is 1.26 bits per heavy atom. The van der Waals surface area contributed by atoms with Crippen LogP contribution in [-0.4, -0.2) is 43.8 Å². The summed E-state index contributed by atoms with van der Waals surface area (Å²) in [4.78, 5) is 51.9. The first-order chi connectivity index (χ1) is 15.7. The summed E-state index contributed by atoms with van der Waals surface area (Å²) < 4.78 is 13.9. The van der Waals surface area contributed by atoms with Crippen LogP contribution in [-0.2, 0) is 51.4 Å². The van der Waals surface area contributed by atoms with Crippen LogP contribution in [0.1, 0.15) is 15.9 Å². The van der Waals surface area contributed by atoms with E-state index in [2.05, 4.69) is 9.97 Å². The predicted molar refractivity (Wildman–Crippen MR) is 116 cm³/mol. The van der Waals surface area contributed by atoms with Crippen molar-refractivity contribution in [1.29, 1.82) is 0 Å². The number of aryl methyl sites for hydroxylation is 1. The van der Waals surface area contributed by atoms with Crippen molar-refractivity contribution in [3.05, 3.63) is 73.0 Å². The number of carbonyl (C=O) groups excluding carboxylic acids is 1. The second-order valence-electron chi connectivity index (χ2n) is 7.23. The fraction of sp³-hybridized carbons (Fsp3) is 0.286. The van der Waals surface area contributed by atoms with Gasteiger partial charge in [-0.2, -0.15) is 0 Å². The normalized spacial score (nSPS) is 11.2. The minimum atomic E-state index is -1.53. The molecule has 177 valence electrons. The number of nitrogens with zero attached hydrogens (tertiary/aromatic N) is 3. The molecule has 3 heterocycles. The minimum Gasteiger partial charge on any atom is -0.412 e. The van der Waals surface area contributed by atoms with E-state index in [1.807, 2.05) is 6.07 Å². The summed E-state index contributed by atoms with van der Waals surface area (Å²) in [5.41, 5.74) is -0.0524. The molecule has 0 aliphatic heterocycles. The largest absolute Gasteiger partial charge is 1.00 e. The molecule has 0 aliphatic rings. The van der Waals surface area contributed by atoms with E-state index < -0.39 is 17.2 Å². The molecule has 0 saturated carbocycles. The number of aromatic carboxylic acids is 1. The molecule has 1 unspecified atom stereocenters. The molecule has 0 spiro atoms. The van der Waals surface area contributed by atoms with Gasteiger partial charge in [0.05, 0.1) is 6.33 Å². The molecule has 3 aromatic heterocycles. The Bertz CT molecular complexity index is 1500. The van der Waals surface area contributed by atoms with Crippen LogP contribution in [0.5, 0.6) is 0 Å². The number of hydrogen-bond donors (Lipinski definition) is 1. The Labute approximate surface area is 236 Å². The number of H-pyrrole nitrogens is 1. The molecular formula is C21H22HgN4NaO8. The van der Waals surface area contributed by atoms with Gasteiger partial charge in [-0.1, -0.05) is 0 Å². The van der Waals surface area contributed by atoms with E-state index >= 15 is 0 Å². The molecule has 1 aromatic carbocycles. The smallest absolute Gasteiger partial charge is 0.412 e. The summed E-state index contributed by atoms with van der Waals surface area (Å²) in [6.45, 7) is 0. The van der Waals surface area contributed by atoms with E-state index in [-0.39, 0.29) is 52.4 Å². The van der Waals surface area contributed by atoms with Gasteiger partial charge in [0.25, 0.3) is 5.56 Å². The molecule has 14 heteroatoms. The van der Waals surface area contributed by atoms with E-state index in [9.17, 15) is 24.3 Å². The molecule has 0 radical (unpaired) electrons. The van der Waals surface area contributed by atoms with Crippen molar-refractivity contribution < 1.29 is 80.2 Å². The van der Waals surface area contributed by atoms with Crippen LogP contribution in [0.4, 0.5) is 0 Å². The van der Waals surface area contributed by atoms with Gasteiger partial charge in [-0.15, -0.1) is 0 Å². The van der Waals surface area contributed by atoms with Crippen LogP contribution < -0.4 is 51.5 Å². The maximum atomic E-state index is 11.6. The summed E-state index contributed by atoms with van der Waals surface area (Å²) >= 11 is 0.618. The van der Waals surface area contributed by atoms with E-state index in [4.69, 9.17) is 9.15 Å². The van der Waals surface area contributed by atoms with Gasteiger partial charge >= 0.3 is 167 Å². The topological polar surface area (TPSA) is 184 Å². The number of rotatable bonds is 5. The van der Waals surface area contributed by atoms with Crippen molar-refractivity contribution in [1.82, 2.24) is 19.1 Å². The molecule has 4 aromatic rings. The summed E-state index contributed by atoms with van der Waals surface area (Å²) in [7, 11) is 4.67. The Morgan fingerprint density at radius 2 is 1.94 bits per heavy atom. The van der Waals surface area contributed by atoms with E-state index in [1.54, 1.807) is 26.3 Å². The average Bonchev–Trinajstić information content (AvgIpc) is 3.30. The van der Waals surface area contributed by atoms with Gasteiger partial charge in [-0.25, -0.2) is 9.78 Å². The van der Waals surface area contributed by atoms with Gasteiger partial charge in [-0.3, -0.25) is 13.9 Å². The Morgan fingerprint density at radius 3 is 2.54 bits per heavy atom. The van der Waals surface area contributed by atoms with Gasteiger partial charge in [0.2, 0.25) is 0 Å². The van der Waals surface area contributed by atoms with E-state index in [0.29, 0.717) is 54.7 Å². The molecule has 0 bridgehead atoms. The van der Waals surface area contributed by atoms with Crippen molar-refractivity contribution in [2.75, 3.05) is 7.11 Å². The number of carboxylic acid groups (broad SMARTS) is 1. The SMILES string of the molecule is COC([CH2][Hg])Cc1cccc2cc(C(=O)[O-])c(=O)oc12.Cn1c(=O)c2[nH]cnc2n(C)c1=O.O.[Na+]. The number of nitrogens with one attached hydrogen (secondary N) is 1. The number of benzene rings is 1. The summed E-state index contributed by atoms with van der Waals surface area (Å²) in [5.74, 6) is -1.53. The molecule has 0 amide bonds. The van der Waals surface area contributed by atoms with Crippen LogP contribution in [0.15, 0.2) is 49.4 Å². The molecule has 1 atom stereocenters. The molecule has 12 nitrogen and oxygen atoms in total. The van der Waals surface area contributed by atoms with Gasteiger partial charge in [-0.05, 0) is 0 Å². The Kier molecular flexibility index (Phi) is 11.7. The number of ether oxygens (including phenoxy) is 1. The van der Waals surface area contributed by atoms with Crippen LogP contribution in [0, 0.1) is 0 Å². The zero-order valence-corrected chi connectivity index (χ0v) is 27.3. The molecule has 0 aliphatic carbocycles. The van der Waals surface area contributed by atoms with Gasteiger partial charge in [0.15, 0.2) is 5.65 Å². The van der Waals surface area contributed by atoms with Crippen molar-refractivity contribution in [3.8, 4) is 0 Å². The van der Waals surface area contributed by atoms with Crippen molar-refractivity contribution >= 4 is 28.1 Å². The fourth-order valence-corrected chi connectivity index (χ4v) is 5.04. The average molecular weight is 682 g/mol. The number of carbonyl (C=O) groups is 1. The van der Waals surface area contributed by atoms with Crippen LogP contribution >= 0.6 is 0 Å². The summed E-state index contributed by atoms with van der Waals surface area (Å²) in [6.07, 6.45) is 2.14. The molecule has 4 rings (SSSR count). The molecule has 35 heavy (non-hydrogen) atoms. The van der Waals surface area contributed by atoms with Gasteiger partial charge < -0.3 is 10.5 Å². The first-order valence-electron chi connectivity index (χ1n) is 9.87. The number of para-hydroxylation sites is 1. The van der Waals surface area contributed by atoms with Gasteiger partial charge in [0.1, 0.15) is 5.52 Å². The maximum absolute atomic E-state index is 11.6. The zero-order valence-electron chi connectivity index (χ0n) is 19.8. The molecule has 0 saturated heterocycles. The predicted octanol–water partition coefficient (Wildman–Crippen LogP) is -4.18. The second-order valence-corrected chi connectivity index (χ2v) is 9.47. The third-order valence-corrected chi connectivity index (χ3v) is 7.70. The summed E-state index contributed by atoms with van der Waals surface area (Å²) in [6, 6.07) is 6.67. The number of imidazole rings is 1. The Hall–Kier alpha value is -2.09.